The molecule has 0 spiro atoms. The molecule has 0 bridgehead atoms. The van der Waals surface area contributed by atoms with E-state index in [1.165, 1.54) is 11.1 Å². The minimum atomic E-state index is -0.250. The van der Waals surface area contributed by atoms with E-state index in [0.29, 0.717) is 0 Å². The van der Waals surface area contributed by atoms with Gasteiger partial charge in [0.25, 0.3) is 0 Å². The van der Waals surface area contributed by atoms with Gasteiger partial charge in [0.15, 0.2) is 0 Å². The van der Waals surface area contributed by atoms with Crippen LogP contribution in [0.15, 0.2) is 24.3 Å². The second kappa shape index (κ2) is 17.5. The summed E-state index contributed by atoms with van der Waals surface area (Å²) >= 11 is 0. The first-order valence-corrected chi connectivity index (χ1v) is 4.86. The van der Waals surface area contributed by atoms with Gasteiger partial charge in [-0.1, -0.05) is 39.0 Å². The Morgan fingerprint density at radius 1 is 1.05 bits per heavy atom. The zero-order valence-corrected chi connectivity index (χ0v) is 16.9. The van der Waals surface area contributed by atoms with E-state index in [9.17, 15) is 0 Å². The fourth-order valence-corrected chi connectivity index (χ4v) is 1.11. The number of hydrogen-bond donors (Lipinski definition) is 0. The average Bonchev–Trinajstić information content (AvgIpc) is 2.47. The van der Waals surface area contributed by atoms with E-state index in [-0.39, 0.29) is 77.9 Å². The van der Waals surface area contributed by atoms with E-state index in [2.05, 4.69) is 36.4 Å². The SMILES string of the molecule is CC(C)(C)[NH-].[C-]1=Cc2ccccc2C1.[CH3-].[CH3-].[Cl-].[Cl-].[Si].[Ti+2]. The van der Waals surface area contributed by atoms with Crippen LogP contribution in [0.4, 0.5) is 0 Å². The molecule has 0 fully saturated rings. The Bertz CT molecular complexity index is 333. The van der Waals surface area contributed by atoms with Crippen LogP contribution in [0.5, 0.6) is 0 Å². The van der Waals surface area contributed by atoms with Crippen LogP contribution in [0.3, 0.4) is 0 Å². The molecule has 1 aliphatic carbocycles. The standard InChI is InChI=1S/C9H7.C4H10N.2CH3.2ClH.Si.Ti/c1-2-5-9-7-3-6-8(9)4-1;1-4(2,3)5;;;;;;/h1-2,4-6H,7H2;5H,1-3H3;2*1H3;2*1H;;/q4*-1;;;;+2/p-2. The maximum atomic E-state index is 6.94. The Kier molecular flexibility index (Phi) is 32.4. The number of nitrogens with one attached hydrogen (secondary N) is 1. The van der Waals surface area contributed by atoms with Gasteiger partial charge in [0, 0.05) is 11.0 Å². The van der Waals surface area contributed by atoms with E-state index >= 15 is 0 Å². The Hall–Kier alpha value is 0.431. The number of hydrogen-bond acceptors (Lipinski definition) is 0. The Morgan fingerprint density at radius 2 is 1.45 bits per heavy atom. The first kappa shape index (κ1) is 37.0. The van der Waals surface area contributed by atoms with Gasteiger partial charge in [0.05, 0.1) is 0 Å². The van der Waals surface area contributed by atoms with Crippen LogP contribution in [0.1, 0.15) is 31.9 Å². The summed E-state index contributed by atoms with van der Waals surface area (Å²) in [4.78, 5) is 0. The molecular weight excluding hydrogens is 341 g/mol. The van der Waals surface area contributed by atoms with Crippen LogP contribution >= 0.6 is 0 Å². The van der Waals surface area contributed by atoms with Crippen molar-refractivity contribution in [2.75, 3.05) is 0 Å². The third-order valence-electron chi connectivity index (χ3n) is 1.61. The number of rotatable bonds is 0. The molecular formula is C15H23Cl2NSiTi-4. The first-order valence-electron chi connectivity index (χ1n) is 4.86. The number of halogens is 2. The third kappa shape index (κ3) is 18.4. The fourth-order valence-electron chi connectivity index (χ4n) is 1.11. The summed E-state index contributed by atoms with van der Waals surface area (Å²) in [6, 6.07) is 8.39. The Morgan fingerprint density at radius 3 is 1.85 bits per heavy atom. The van der Waals surface area contributed by atoms with Gasteiger partial charge in [-0.15, -0.1) is 23.6 Å². The summed E-state index contributed by atoms with van der Waals surface area (Å²) in [5.74, 6) is 0. The second-order valence-corrected chi connectivity index (χ2v) is 4.47. The molecule has 1 aromatic carbocycles. The van der Waals surface area contributed by atoms with Crippen molar-refractivity contribution in [3.05, 3.63) is 62.1 Å². The van der Waals surface area contributed by atoms with Gasteiger partial charge < -0.3 is 45.4 Å². The normalized spacial score (nSPS) is 9.20. The smallest absolute Gasteiger partial charge is 1.00 e. The summed E-state index contributed by atoms with van der Waals surface area (Å²) in [7, 11) is 0. The van der Waals surface area contributed by atoms with Gasteiger partial charge in [-0.25, -0.2) is 6.08 Å². The summed E-state index contributed by atoms with van der Waals surface area (Å²) in [6.45, 7) is 5.56. The van der Waals surface area contributed by atoms with Gasteiger partial charge in [0.2, 0.25) is 0 Å². The van der Waals surface area contributed by atoms with Crippen LogP contribution in [-0.4, -0.2) is 16.5 Å². The quantitative estimate of drug-likeness (QED) is 0.392. The van der Waals surface area contributed by atoms with E-state index in [1.807, 2.05) is 20.8 Å². The van der Waals surface area contributed by atoms with Crippen molar-refractivity contribution in [2.45, 2.75) is 32.7 Å². The number of allylic oxidation sites excluding steroid dienone is 1. The van der Waals surface area contributed by atoms with Gasteiger partial charge in [0.1, 0.15) is 0 Å². The van der Waals surface area contributed by atoms with E-state index in [1.54, 1.807) is 0 Å². The number of fused-ring (bicyclic) bond motifs is 1. The van der Waals surface area contributed by atoms with Crippen LogP contribution < -0.4 is 24.8 Å². The molecule has 0 amide bonds. The molecule has 20 heavy (non-hydrogen) atoms. The predicted octanol–water partition coefficient (Wildman–Crippen LogP) is -1.58. The molecule has 4 radical (unpaired) electrons. The van der Waals surface area contributed by atoms with Crippen LogP contribution in [-0.2, 0) is 28.1 Å². The van der Waals surface area contributed by atoms with Crippen molar-refractivity contribution in [3.8, 4) is 0 Å². The molecule has 114 valence electrons. The summed E-state index contributed by atoms with van der Waals surface area (Å²) < 4.78 is 0. The minimum absolute atomic E-state index is 0. The van der Waals surface area contributed by atoms with E-state index in [4.69, 9.17) is 5.73 Å². The predicted molar refractivity (Wildman–Crippen MR) is 80.5 cm³/mol. The topological polar surface area (TPSA) is 23.8 Å². The monoisotopic (exact) mass is 363 g/mol. The van der Waals surface area contributed by atoms with E-state index in [0.717, 1.165) is 6.42 Å². The molecule has 0 unspecified atom stereocenters. The molecule has 1 nitrogen and oxygen atoms in total. The molecule has 1 N–H and O–H groups in total. The Balaban J connectivity index is -0.0000000412. The van der Waals surface area contributed by atoms with E-state index < -0.39 is 0 Å². The minimum Gasteiger partial charge on any atom is -1.00 e. The largest absolute Gasteiger partial charge is 2.00 e. The molecule has 0 aliphatic heterocycles. The van der Waals surface area contributed by atoms with Gasteiger partial charge >= 0.3 is 21.7 Å². The summed E-state index contributed by atoms with van der Waals surface area (Å²) in [5, 5.41) is 0. The van der Waals surface area contributed by atoms with Crippen LogP contribution in [0, 0.1) is 20.9 Å². The van der Waals surface area contributed by atoms with Crippen LogP contribution in [0.25, 0.3) is 11.8 Å². The van der Waals surface area contributed by atoms with Gasteiger partial charge in [-0.05, 0) is 0 Å². The Labute approximate surface area is 157 Å². The molecule has 1 aliphatic rings. The van der Waals surface area contributed by atoms with Gasteiger partial charge in [-0.3, -0.25) is 6.08 Å². The van der Waals surface area contributed by atoms with Crippen LogP contribution in [0.2, 0.25) is 0 Å². The molecule has 0 saturated heterocycles. The van der Waals surface area contributed by atoms with Crippen molar-refractivity contribution in [2.24, 2.45) is 0 Å². The third-order valence-corrected chi connectivity index (χ3v) is 1.61. The summed E-state index contributed by atoms with van der Waals surface area (Å²) in [5.41, 5.74) is 9.42. The average molecular weight is 364 g/mol. The molecule has 0 atom stereocenters. The van der Waals surface area contributed by atoms with Crippen molar-refractivity contribution in [1.82, 2.24) is 0 Å². The molecule has 1 aromatic rings. The molecule has 2 rings (SSSR count). The fraction of sp³-hybridized carbons (Fsp3) is 0.333. The maximum absolute atomic E-state index is 6.94. The van der Waals surface area contributed by atoms with Crippen molar-refractivity contribution in [1.29, 1.82) is 0 Å². The van der Waals surface area contributed by atoms with Crippen molar-refractivity contribution >= 4 is 17.0 Å². The maximum Gasteiger partial charge on any atom is 2.00 e. The van der Waals surface area contributed by atoms with Crippen molar-refractivity contribution < 1.29 is 46.5 Å². The molecule has 0 saturated carbocycles. The van der Waals surface area contributed by atoms with Gasteiger partial charge in [-0.2, -0.15) is 5.56 Å². The summed E-state index contributed by atoms with van der Waals surface area (Å²) in [6.07, 6.45) is 6.21. The molecule has 0 heterocycles. The zero-order valence-electron chi connectivity index (χ0n) is 12.8. The molecule has 5 heteroatoms. The number of benzene rings is 1. The zero-order chi connectivity index (χ0) is 10.6. The first-order chi connectivity index (χ1) is 6.47. The van der Waals surface area contributed by atoms with Crippen molar-refractivity contribution in [3.63, 3.8) is 0 Å². The second-order valence-electron chi connectivity index (χ2n) is 4.47. The molecule has 0 aromatic heterocycles.